The molecule has 3 rings (SSSR count). The van der Waals surface area contributed by atoms with Crippen LogP contribution in [0.5, 0.6) is 11.5 Å². The fraction of sp³-hybridized carbons (Fsp3) is 0.182. The van der Waals surface area contributed by atoms with Crippen molar-refractivity contribution in [3.63, 3.8) is 0 Å². The normalized spacial score (nSPS) is 12.5. The minimum Gasteiger partial charge on any atom is -0.497 e. The fourth-order valence-corrected chi connectivity index (χ4v) is 5.83. The van der Waals surface area contributed by atoms with Gasteiger partial charge in [0.15, 0.2) is 7.14 Å². The Hall–Kier alpha value is -2.93. The van der Waals surface area contributed by atoms with Gasteiger partial charge < -0.3 is 14.0 Å². The molecule has 3 aromatic rings. The summed E-state index contributed by atoms with van der Waals surface area (Å²) >= 11 is 0. The average Bonchev–Trinajstić information content (AvgIpc) is 2.77. The minimum absolute atomic E-state index is 0.00980. The lowest BCUT2D eigenvalue weighted by Gasteiger charge is -2.23. The van der Waals surface area contributed by atoms with Gasteiger partial charge in [-0.15, -0.1) is 0 Å². The average molecular weight is 474 g/mol. The molecular formula is C22H17F6O3P. The highest BCUT2D eigenvalue weighted by Crippen LogP contribution is 2.46. The maximum atomic E-state index is 14.4. The highest BCUT2D eigenvalue weighted by Gasteiger charge is 2.40. The standard InChI is InChI=1S/C22H17F6O3P/c1-30-16-3-7-18(8-4-16)32(29,19-9-5-17(31-2)6-10-19)20-12-14(21(23,24)25)11-15(13-20)22(26,27)28/h3-13H,1-2H3. The Morgan fingerprint density at radius 3 is 1.22 bits per heavy atom. The van der Waals surface area contributed by atoms with Gasteiger partial charge in [0.25, 0.3) is 0 Å². The van der Waals surface area contributed by atoms with Crippen LogP contribution < -0.4 is 25.4 Å². The molecule has 0 fully saturated rings. The number of methoxy groups -OCH3 is 2. The number of rotatable bonds is 5. The molecule has 0 aromatic heterocycles. The Bertz CT molecular complexity index is 1050. The number of ether oxygens (including phenoxy) is 2. The molecule has 32 heavy (non-hydrogen) atoms. The van der Waals surface area contributed by atoms with Gasteiger partial charge in [0.05, 0.1) is 25.3 Å². The van der Waals surface area contributed by atoms with Crippen LogP contribution in [0.15, 0.2) is 66.7 Å². The van der Waals surface area contributed by atoms with Gasteiger partial charge in [-0.2, -0.15) is 26.3 Å². The number of benzene rings is 3. The van der Waals surface area contributed by atoms with Crippen molar-refractivity contribution < 1.29 is 40.4 Å². The molecular weight excluding hydrogens is 457 g/mol. The van der Waals surface area contributed by atoms with Crippen molar-refractivity contribution in [2.45, 2.75) is 12.4 Å². The molecule has 0 aliphatic heterocycles. The summed E-state index contributed by atoms with van der Waals surface area (Å²) in [6.45, 7) is 0. The molecule has 0 aliphatic carbocycles. The molecule has 0 amide bonds. The molecule has 3 nitrogen and oxygen atoms in total. The third-order valence-corrected chi connectivity index (χ3v) is 7.84. The molecule has 10 heteroatoms. The first-order valence-electron chi connectivity index (χ1n) is 9.09. The van der Waals surface area contributed by atoms with E-state index in [0.29, 0.717) is 23.6 Å². The summed E-state index contributed by atoms with van der Waals surface area (Å²) in [6, 6.07) is 12.2. The van der Waals surface area contributed by atoms with E-state index in [9.17, 15) is 30.9 Å². The topological polar surface area (TPSA) is 35.5 Å². The lowest BCUT2D eigenvalue weighted by Crippen LogP contribution is -2.27. The van der Waals surface area contributed by atoms with E-state index in [-0.39, 0.29) is 16.7 Å². The second kappa shape index (κ2) is 8.54. The maximum absolute atomic E-state index is 14.4. The molecule has 3 aromatic carbocycles. The van der Waals surface area contributed by atoms with Crippen molar-refractivity contribution in [1.82, 2.24) is 0 Å². The minimum atomic E-state index is -5.07. The summed E-state index contributed by atoms with van der Waals surface area (Å²) < 4.78 is 105. The van der Waals surface area contributed by atoms with E-state index in [0.717, 1.165) is 0 Å². The van der Waals surface area contributed by atoms with Crippen LogP contribution in [-0.2, 0) is 16.9 Å². The predicted molar refractivity (Wildman–Crippen MR) is 109 cm³/mol. The van der Waals surface area contributed by atoms with Gasteiger partial charge in [-0.3, -0.25) is 0 Å². The summed E-state index contributed by atoms with van der Waals surface area (Å²) in [5.74, 6) is 0.769. The van der Waals surface area contributed by atoms with Gasteiger partial charge >= 0.3 is 12.4 Å². The van der Waals surface area contributed by atoms with Crippen LogP contribution in [0.4, 0.5) is 26.3 Å². The molecule has 0 saturated heterocycles. The van der Waals surface area contributed by atoms with Crippen LogP contribution in [0.1, 0.15) is 11.1 Å². The number of hydrogen-bond acceptors (Lipinski definition) is 3. The van der Waals surface area contributed by atoms with E-state index in [1.807, 2.05) is 0 Å². The first kappa shape index (κ1) is 23.7. The van der Waals surface area contributed by atoms with E-state index < -0.39 is 35.9 Å². The summed E-state index contributed by atoms with van der Waals surface area (Å²) in [5, 5.41) is -0.484. The van der Waals surface area contributed by atoms with Crippen molar-refractivity contribution >= 4 is 23.1 Å². The van der Waals surface area contributed by atoms with Crippen LogP contribution in [0.25, 0.3) is 0 Å². The third-order valence-electron chi connectivity index (χ3n) is 4.81. The zero-order chi connectivity index (χ0) is 23.7. The van der Waals surface area contributed by atoms with E-state index in [1.54, 1.807) is 0 Å². The SMILES string of the molecule is COc1ccc(P(=O)(c2ccc(OC)cc2)c2cc(C(F)(F)F)cc(C(F)(F)F)c2)cc1. The van der Waals surface area contributed by atoms with Crippen molar-refractivity contribution in [3.05, 3.63) is 77.9 Å². The Balaban J connectivity index is 2.35. The second-order valence-corrected chi connectivity index (χ2v) is 9.54. The largest absolute Gasteiger partial charge is 0.497 e. The molecule has 0 atom stereocenters. The molecule has 0 heterocycles. The molecule has 0 N–H and O–H groups in total. The van der Waals surface area contributed by atoms with E-state index in [4.69, 9.17) is 9.47 Å². The second-order valence-electron chi connectivity index (χ2n) is 6.77. The van der Waals surface area contributed by atoms with Gasteiger partial charge in [-0.25, -0.2) is 0 Å². The zero-order valence-electron chi connectivity index (χ0n) is 16.8. The van der Waals surface area contributed by atoms with E-state index in [1.165, 1.54) is 62.8 Å². The maximum Gasteiger partial charge on any atom is 0.416 e. The molecule has 0 unspecified atom stereocenters. The van der Waals surface area contributed by atoms with Crippen molar-refractivity contribution in [1.29, 1.82) is 0 Å². The number of hydrogen-bond donors (Lipinski definition) is 0. The van der Waals surface area contributed by atoms with Crippen molar-refractivity contribution in [2.24, 2.45) is 0 Å². The Morgan fingerprint density at radius 1 is 0.594 bits per heavy atom. The van der Waals surface area contributed by atoms with Crippen LogP contribution in [0.2, 0.25) is 0 Å². The summed E-state index contributed by atoms with van der Waals surface area (Å²) in [7, 11) is -1.36. The van der Waals surface area contributed by atoms with E-state index >= 15 is 0 Å². The molecule has 0 spiro atoms. The third kappa shape index (κ3) is 4.63. The van der Waals surface area contributed by atoms with Gasteiger partial charge in [0.2, 0.25) is 0 Å². The van der Waals surface area contributed by atoms with Crippen LogP contribution in [-0.4, -0.2) is 14.2 Å². The molecule has 0 bridgehead atoms. The quantitative estimate of drug-likeness (QED) is 0.368. The lowest BCUT2D eigenvalue weighted by molar-refractivity contribution is -0.142. The van der Waals surface area contributed by atoms with Gasteiger partial charge in [0.1, 0.15) is 11.5 Å². The lowest BCUT2D eigenvalue weighted by atomic mass is 10.1. The summed E-state index contributed by atoms with van der Waals surface area (Å²) in [5.41, 5.74) is -3.07. The summed E-state index contributed by atoms with van der Waals surface area (Å²) in [6.07, 6.45) is -10.1. The zero-order valence-corrected chi connectivity index (χ0v) is 17.7. The Labute approximate surface area is 180 Å². The Kier molecular flexibility index (Phi) is 6.33. The molecule has 0 saturated carbocycles. The monoisotopic (exact) mass is 474 g/mol. The van der Waals surface area contributed by atoms with Crippen molar-refractivity contribution in [2.75, 3.05) is 14.2 Å². The smallest absolute Gasteiger partial charge is 0.416 e. The molecule has 0 aliphatic rings. The molecule has 0 radical (unpaired) electrons. The highest BCUT2D eigenvalue weighted by molar-refractivity contribution is 7.85. The van der Waals surface area contributed by atoms with Crippen LogP contribution >= 0.6 is 7.14 Å². The van der Waals surface area contributed by atoms with Crippen molar-refractivity contribution in [3.8, 4) is 11.5 Å². The summed E-state index contributed by atoms with van der Waals surface area (Å²) in [4.78, 5) is 0. The van der Waals surface area contributed by atoms with Crippen LogP contribution in [0, 0.1) is 0 Å². The first-order chi connectivity index (χ1) is 14.9. The number of alkyl halides is 6. The predicted octanol–water partition coefficient (Wildman–Crippen LogP) is 5.38. The highest BCUT2D eigenvalue weighted by atomic mass is 31.2. The van der Waals surface area contributed by atoms with Gasteiger partial charge in [-0.1, -0.05) is 0 Å². The first-order valence-corrected chi connectivity index (χ1v) is 10.8. The van der Waals surface area contributed by atoms with Gasteiger partial charge in [-0.05, 0) is 66.7 Å². The van der Waals surface area contributed by atoms with Crippen LogP contribution in [0.3, 0.4) is 0 Å². The molecule has 170 valence electrons. The van der Waals surface area contributed by atoms with Gasteiger partial charge in [0, 0.05) is 15.9 Å². The number of halogens is 6. The van der Waals surface area contributed by atoms with E-state index in [2.05, 4.69) is 0 Å². The fourth-order valence-electron chi connectivity index (χ4n) is 3.15. The Morgan fingerprint density at radius 2 is 0.938 bits per heavy atom.